The summed E-state index contributed by atoms with van der Waals surface area (Å²) in [6, 6.07) is 3.77. The van der Waals surface area contributed by atoms with Gasteiger partial charge < -0.3 is 15.0 Å². The molecule has 1 amide bonds. The first kappa shape index (κ1) is 17.3. The fourth-order valence-electron chi connectivity index (χ4n) is 2.75. The molecule has 0 aliphatic carbocycles. The van der Waals surface area contributed by atoms with Gasteiger partial charge in [0.1, 0.15) is 11.6 Å². The summed E-state index contributed by atoms with van der Waals surface area (Å²) >= 11 is 0. The average molecular weight is 341 g/mol. The van der Waals surface area contributed by atoms with Crippen molar-refractivity contribution >= 4 is 17.4 Å². The number of morpholine rings is 1. The highest BCUT2D eigenvalue weighted by atomic mass is 16.5. The first-order chi connectivity index (χ1) is 12.0. The highest BCUT2D eigenvalue weighted by Crippen LogP contribution is 2.19. The predicted molar refractivity (Wildman–Crippen MR) is 96.1 cm³/mol. The molecule has 0 saturated carbocycles. The summed E-state index contributed by atoms with van der Waals surface area (Å²) in [6.45, 7) is 8.99. The Morgan fingerprint density at radius 3 is 2.60 bits per heavy atom. The number of nitrogens with one attached hydrogen (secondary N) is 1. The summed E-state index contributed by atoms with van der Waals surface area (Å²) in [5.74, 6) is 1.07. The highest BCUT2D eigenvalue weighted by Gasteiger charge is 2.17. The van der Waals surface area contributed by atoms with E-state index in [1.807, 2.05) is 32.9 Å². The van der Waals surface area contributed by atoms with Gasteiger partial charge in [-0.15, -0.1) is 0 Å². The van der Waals surface area contributed by atoms with Gasteiger partial charge in [-0.2, -0.15) is 0 Å². The molecule has 7 nitrogen and oxygen atoms in total. The van der Waals surface area contributed by atoms with Crippen LogP contribution >= 0.6 is 0 Å². The zero-order chi connectivity index (χ0) is 17.8. The van der Waals surface area contributed by atoms with Crippen LogP contribution in [0.4, 0.5) is 11.5 Å². The van der Waals surface area contributed by atoms with Crippen LogP contribution in [0.2, 0.25) is 0 Å². The number of ether oxygens (including phenoxy) is 1. The summed E-state index contributed by atoms with van der Waals surface area (Å²) in [7, 11) is 0. The molecule has 132 valence electrons. The van der Waals surface area contributed by atoms with Crippen LogP contribution in [-0.2, 0) is 4.74 Å². The second-order valence-corrected chi connectivity index (χ2v) is 6.33. The first-order valence-electron chi connectivity index (χ1n) is 8.48. The smallest absolute Gasteiger partial charge is 0.260 e. The molecule has 0 spiro atoms. The van der Waals surface area contributed by atoms with Crippen molar-refractivity contribution in [1.29, 1.82) is 0 Å². The van der Waals surface area contributed by atoms with E-state index in [2.05, 4.69) is 25.2 Å². The van der Waals surface area contributed by atoms with E-state index in [1.165, 1.54) is 0 Å². The number of aryl methyl sites for hydroxylation is 1. The Bertz CT molecular complexity index is 740. The molecule has 1 N–H and O–H groups in total. The molecule has 3 rings (SSSR count). The minimum absolute atomic E-state index is 0.138. The van der Waals surface area contributed by atoms with Crippen molar-refractivity contribution in [3.63, 3.8) is 0 Å². The number of anilines is 2. The van der Waals surface area contributed by atoms with Crippen LogP contribution in [0.1, 0.15) is 41.6 Å². The van der Waals surface area contributed by atoms with E-state index in [4.69, 9.17) is 4.74 Å². The minimum Gasteiger partial charge on any atom is -0.378 e. The number of hydrogen-bond donors (Lipinski definition) is 1. The van der Waals surface area contributed by atoms with Crippen molar-refractivity contribution in [2.45, 2.75) is 26.7 Å². The topological polar surface area (TPSA) is 80.2 Å². The molecule has 1 saturated heterocycles. The van der Waals surface area contributed by atoms with Crippen LogP contribution in [0.15, 0.2) is 24.5 Å². The lowest BCUT2D eigenvalue weighted by Gasteiger charge is -2.28. The highest BCUT2D eigenvalue weighted by molar-refractivity contribution is 6.04. The maximum absolute atomic E-state index is 12.6. The average Bonchev–Trinajstić information content (AvgIpc) is 2.63. The van der Waals surface area contributed by atoms with Gasteiger partial charge in [-0.05, 0) is 25.0 Å². The van der Waals surface area contributed by atoms with Crippen LogP contribution in [0.25, 0.3) is 0 Å². The Labute approximate surface area is 147 Å². The van der Waals surface area contributed by atoms with Crippen molar-refractivity contribution in [3.8, 4) is 0 Å². The van der Waals surface area contributed by atoms with E-state index < -0.39 is 0 Å². The predicted octanol–water partition coefficient (Wildman–Crippen LogP) is 2.39. The second kappa shape index (κ2) is 7.57. The largest absolute Gasteiger partial charge is 0.378 e. The third-order valence-electron chi connectivity index (χ3n) is 4.10. The van der Waals surface area contributed by atoms with Gasteiger partial charge in [0.05, 0.1) is 36.4 Å². The summed E-state index contributed by atoms with van der Waals surface area (Å²) in [5.41, 5.74) is 2.26. The van der Waals surface area contributed by atoms with Gasteiger partial charge >= 0.3 is 0 Å². The Hall–Kier alpha value is -2.54. The van der Waals surface area contributed by atoms with Gasteiger partial charge in [0.15, 0.2) is 0 Å². The van der Waals surface area contributed by atoms with Crippen molar-refractivity contribution in [2.24, 2.45) is 0 Å². The standard InChI is InChI=1S/C18H23N5O2/c1-12(2)17-15(11-19-13(3)21-17)18(24)22-16-5-4-14(10-20-16)23-6-8-25-9-7-23/h4-5,10-12H,6-9H2,1-3H3,(H,20,22,24). The Morgan fingerprint density at radius 2 is 1.96 bits per heavy atom. The maximum Gasteiger partial charge on any atom is 0.260 e. The van der Waals surface area contributed by atoms with Crippen LogP contribution in [0.3, 0.4) is 0 Å². The molecular formula is C18H23N5O2. The quantitative estimate of drug-likeness (QED) is 0.920. The molecule has 2 aromatic heterocycles. The molecule has 2 aromatic rings. The Morgan fingerprint density at radius 1 is 1.20 bits per heavy atom. The van der Waals surface area contributed by atoms with Gasteiger partial charge in [-0.3, -0.25) is 4.79 Å². The number of aromatic nitrogens is 3. The number of carbonyl (C=O) groups is 1. The van der Waals surface area contributed by atoms with Gasteiger partial charge in [-0.1, -0.05) is 13.8 Å². The zero-order valence-corrected chi connectivity index (χ0v) is 14.8. The van der Waals surface area contributed by atoms with Crippen LogP contribution < -0.4 is 10.2 Å². The molecule has 0 atom stereocenters. The van der Waals surface area contributed by atoms with E-state index >= 15 is 0 Å². The lowest BCUT2D eigenvalue weighted by molar-refractivity contribution is 0.102. The summed E-state index contributed by atoms with van der Waals surface area (Å²) in [5, 5.41) is 2.83. The molecule has 1 aliphatic heterocycles. The molecular weight excluding hydrogens is 318 g/mol. The SMILES string of the molecule is Cc1ncc(C(=O)Nc2ccc(N3CCOCC3)cn2)c(C(C)C)n1. The maximum atomic E-state index is 12.6. The van der Waals surface area contributed by atoms with Gasteiger partial charge in [0.25, 0.3) is 5.91 Å². The fraction of sp³-hybridized carbons (Fsp3) is 0.444. The van der Waals surface area contributed by atoms with Crippen molar-refractivity contribution in [3.05, 3.63) is 41.6 Å². The lowest BCUT2D eigenvalue weighted by Crippen LogP contribution is -2.36. The molecule has 0 unspecified atom stereocenters. The number of amides is 1. The van der Waals surface area contributed by atoms with E-state index in [0.29, 0.717) is 17.2 Å². The molecule has 0 radical (unpaired) electrons. The normalized spacial score (nSPS) is 14.6. The minimum atomic E-state index is -0.240. The van der Waals surface area contributed by atoms with E-state index in [0.717, 1.165) is 37.7 Å². The Kier molecular flexibility index (Phi) is 5.23. The van der Waals surface area contributed by atoms with Gasteiger partial charge in [-0.25, -0.2) is 15.0 Å². The summed E-state index contributed by atoms with van der Waals surface area (Å²) < 4.78 is 5.35. The monoisotopic (exact) mass is 341 g/mol. The van der Waals surface area contributed by atoms with Crippen molar-refractivity contribution < 1.29 is 9.53 Å². The van der Waals surface area contributed by atoms with E-state index in [9.17, 15) is 4.79 Å². The van der Waals surface area contributed by atoms with E-state index in [-0.39, 0.29) is 11.8 Å². The number of pyridine rings is 1. The summed E-state index contributed by atoms with van der Waals surface area (Å²) in [6.07, 6.45) is 3.35. The number of nitrogens with zero attached hydrogens (tertiary/aromatic N) is 4. The van der Waals surface area contributed by atoms with E-state index in [1.54, 1.807) is 12.4 Å². The molecule has 7 heteroatoms. The van der Waals surface area contributed by atoms with Gasteiger partial charge in [0.2, 0.25) is 0 Å². The molecule has 25 heavy (non-hydrogen) atoms. The lowest BCUT2D eigenvalue weighted by atomic mass is 10.0. The third-order valence-corrected chi connectivity index (χ3v) is 4.10. The number of hydrogen-bond acceptors (Lipinski definition) is 6. The second-order valence-electron chi connectivity index (χ2n) is 6.33. The number of carbonyl (C=O) groups excluding carboxylic acids is 1. The van der Waals surface area contributed by atoms with Crippen molar-refractivity contribution in [1.82, 2.24) is 15.0 Å². The molecule has 1 aliphatic rings. The molecule has 3 heterocycles. The zero-order valence-electron chi connectivity index (χ0n) is 14.8. The van der Waals surface area contributed by atoms with Crippen molar-refractivity contribution in [2.75, 3.05) is 36.5 Å². The number of rotatable bonds is 4. The molecule has 0 bridgehead atoms. The molecule has 1 fully saturated rings. The molecule has 0 aromatic carbocycles. The summed E-state index contributed by atoms with van der Waals surface area (Å²) in [4.78, 5) is 27.7. The van der Waals surface area contributed by atoms with Crippen LogP contribution in [0.5, 0.6) is 0 Å². The van der Waals surface area contributed by atoms with Crippen LogP contribution in [-0.4, -0.2) is 47.2 Å². The Balaban J connectivity index is 1.73. The van der Waals surface area contributed by atoms with Gasteiger partial charge in [0, 0.05) is 19.3 Å². The fourth-order valence-corrected chi connectivity index (χ4v) is 2.75. The van der Waals surface area contributed by atoms with Crippen LogP contribution in [0, 0.1) is 6.92 Å². The third kappa shape index (κ3) is 4.11. The first-order valence-corrected chi connectivity index (χ1v) is 8.48.